The fourth-order valence-corrected chi connectivity index (χ4v) is 7.10. The van der Waals surface area contributed by atoms with Gasteiger partial charge in [0.2, 0.25) is 0 Å². The maximum absolute atomic E-state index is 14.8. The molecule has 0 amide bonds. The van der Waals surface area contributed by atoms with Crippen molar-refractivity contribution < 1.29 is 14.0 Å². The molecule has 5 rings (SSSR count). The fourth-order valence-electron chi connectivity index (χ4n) is 7.10. The normalized spacial score (nSPS) is 37.1. The van der Waals surface area contributed by atoms with E-state index in [4.69, 9.17) is 0 Å². The van der Waals surface area contributed by atoms with Gasteiger partial charge < -0.3 is 4.90 Å². The van der Waals surface area contributed by atoms with Gasteiger partial charge in [0.1, 0.15) is 5.82 Å². The van der Waals surface area contributed by atoms with Crippen LogP contribution in [0.15, 0.2) is 47.6 Å². The Morgan fingerprint density at radius 3 is 2.62 bits per heavy atom. The Balaban J connectivity index is 1.47. The maximum atomic E-state index is 14.8. The van der Waals surface area contributed by atoms with E-state index in [1.54, 1.807) is 18.2 Å². The number of halogens is 1. The smallest absolute Gasteiger partial charge is 0.178 e. The van der Waals surface area contributed by atoms with Gasteiger partial charge in [-0.15, -0.1) is 0 Å². The number of Topliss-reactive ketones (excluding diaryl/α,β-unsaturated/α-hetero) is 1. The van der Waals surface area contributed by atoms with Crippen molar-refractivity contribution in [1.29, 1.82) is 0 Å². The van der Waals surface area contributed by atoms with Gasteiger partial charge in [-0.3, -0.25) is 9.59 Å². The molecule has 0 aromatic heterocycles. The molecule has 0 spiro atoms. The molecule has 0 N–H and O–H groups in total. The Kier molecular flexibility index (Phi) is 4.85. The Labute approximate surface area is 190 Å². The van der Waals surface area contributed by atoms with Gasteiger partial charge in [0.25, 0.3) is 0 Å². The molecular formula is C28H32FNO2. The maximum Gasteiger partial charge on any atom is 0.178 e. The van der Waals surface area contributed by atoms with Crippen LogP contribution in [-0.2, 0) is 9.59 Å². The first-order valence-corrected chi connectivity index (χ1v) is 11.8. The summed E-state index contributed by atoms with van der Waals surface area (Å²) in [6.45, 7) is 4.41. The third-order valence-corrected chi connectivity index (χ3v) is 9.03. The molecule has 3 nitrogen and oxygen atoms in total. The number of anilines is 1. The second-order valence-electron chi connectivity index (χ2n) is 10.9. The molecule has 4 aliphatic rings. The second kappa shape index (κ2) is 7.26. The van der Waals surface area contributed by atoms with Crippen molar-refractivity contribution in [2.75, 3.05) is 19.0 Å². The summed E-state index contributed by atoms with van der Waals surface area (Å²) in [4.78, 5) is 27.4. The first-order chi connectivity index (χ1) is 15.1. The number of fused-ring (bicyclic) bond motifs is 5. The number of ketones is 2. The van der Waals surface area contributed by atoms with Crippen molar-refractivity contribution in [1.82, 2.24) is 0 Å². The highest BCUT2D eigenvalue weighted by molar-refractivity contribution is 6.06. The molecule has 0 unspecified atom stereocenters. The molecule has 0 heterocycles. The number of benzene rings is 1. The summed E-state index contributed by atoms with van der Waals surface area (Å²) >= 11 is 0. The van der Waals surface area contributed by atoms with Gasteiger partial charge in [0.15, 0.2) is 11.6 Å². The van der Waals surface area contributed by atoms with E-state index in [9.17, 15) is 14.0 Å². The third-order valence-electron chi connectivity index (χ3n) is 9.03. The zero-order chi connectivity index (χ0) is 22.8. The summed E-state index contributed by atoms with van der Waals surface area (Å²) in [7, 11) is 3.77. The summed E-state index contributed by atoms with van der Waals surface area (Å²) in [5, 5.41) is 0. The lowest BCUT2D eigenvalue weighted by Gasteiger charge is -2.55. The van der Waals surface area contributed by atoms with Crippen molar-refractivity contribution in [3.8, 4) is 0 Å². The fraction of sp³-hybridized carbons (Fsp3) is 0.500. The summed E-state index contributed by atoms with van der Waals surface area (Å²) < 4.78 is 14.8. The van der Waals surface area contributed by atoms with Crippen LogP contribution in [0.3, 0.4) is 0 Å². The molecule has 0 radical (unpaired) electrons. The first-order valence-electron chi connectivity index (χ1n) is 11.8. The van der Waals surface area contributed by atoms with Gasteiger partial charge in [-0.25, -0.2) is 4.39 Å². The zero-order valence-electron chi connectivity index (χ0n) is 19.5. The lowest BCUT2D eigenvalue weighted by molar-refractivity contribution is -0.129. The molecule has 5 atom stereocenters. The van der Waals surface area contributed by atoms with Crippen LogP contribution in [0.2, 0.25) is 0 Å². The lowest BCUT2D eigenvalue weighted by atomic mass is 9.48. The Morgan fingerprint density at radius 1 is 1.12 bits per heavy atom. The molecule has 0 bridgehead atoms. The summed E-state index contributed by atoms with van der Waals surface area (Å²) in [6.07, 6.45) is 12.0. The van der Waals surface area contributed by atoms with E-state index >= 15 is 0 Å². The van der Waals surface area contributed by atoms with E-state index in [1.807, 2.05) is 31.1 Å². The number of nitrogens with zero attached hydrogens (tertiary/aromatic N) is 1. The second-order valence-corrected chi connectivity index (χ2v) is 10.9. The number of carbonyl (C=O) groups is 2. The predicted octanol–water partition coefficient (Wildman–Crippen LogP) is 5.76. The van der Waals surface area contributed by atoms with Crippen molar-refractivity contribution >= 4 is 23.3 Å². The SMILES string of the molecule is CN(C)c1ccc(C=C2C[C@H]3[C@@H]4CCC5=CC(=O)C=C[C@]5(C)[C@H]4CC[C@]3(C)C2=O)c(F)c1. The first kappa shape index (κ1) is 21.4. The molecule has 4 aliphatic carbocycles. The molecule has 4 heteroatoms. The Morgan fingerprint density at radius 2 is 1.91 bits per heavy atom. The molecule has 3 saturated carbocycles. The van der Waals surface area contributed by atoms with E-state index < -0.39 is 0 Å². The van der Waals surface area contributed by atoms with Crippen LogP contribution in [-0.4, -0.2) is 25.7 Å². The minimum atomic E-state index is -0.362. The molecule has 3 fully saturated rings. The van der Waals surface area contributed by atoms with Crippen LogP contribution in [0.1, 0.15) is 51.5 Å². The van der Waals surface area contributed by atoms with Crippen LogP contribution in [0.5, 0.6) is 0 Å². The molecule has 32 heavy (non-hydrogen) atoms. The van der Waals surface area contributed by atoms with Crippen LogP contribution in [0.25, 0.3) is 6.08 Å². The highest BCUT2D eigenvalue weighted by Gasteiger charge is 2.59. The van der Waals surface area contributed by atoms with Gasteiger partial charge in [0, 0.05) is 36.2 Å². The topological polar surface area (TPSA) is 37.4 Å². The molecule has 0 aliphatic heterocycles. The van der Waals surface area contributed by atoms with Crippen LogP contribution in [0, 0.1) is 34.4 Å². The van der Waals surface area contributed by atoms with Crippen molar-refractivity contribution in [2.45, 2.75) is 46.0 Å². The number of hydrogen-bond donors (Lipinski definition) is 0. The molecular weight excluding hydrogens is 401 g/mol. The number of hydrogen-bond acceptors (Lipinski definition) is 3. The van der Waals surface area contributed by atoms with E-state index in [2.05, 4.69) is 19.9 Å². The minimum absolute atomic E-state index is 0.0816. The highest BCUT2D eigenvalue weighted by atomic mass is 19.1. The zero-order valence-corrected chi connectivity index (χ0v) is 19.5. The van der Waals surface area contributed by atoms with E-state index in [0.717, 1.165) is 43.4 Å². The average Bonchev–Trinajstić information content (AvgIpc) is 3.00. The van der Waals surface area contributed by atoms with Gasteiger partial charge in [-0.05, 0) is 91.9 Å². The van der Waals surface area contributed by atoms with Gasteiger partial charge in [-0.2, -0.15) is 0 Å². The largest absolute Gasteiger partial charge is 0.378 e. The number of rotatable bonds is 2. The Hall–Kier alpha value is -2.49. The van der Waals surface area contributed by atoms with Crippen molar-refractivity contribution in [3.05, 3.63) is 59.0 Å². The number of carbonyl (C=O) groups excluding carboxylic acids is 2. The Bertz CT molecular complexity index is 1100. The van der Waals surface area contributed by atoms with Crippen molar-refractivity contribution in [2.24, 2.45) is 28.6 Å². The minimum Gasteiger partial charge on any atom is -0.378 e. The van der Waals surface area contributed by atoms with Gasteiger partial charge in [-0.1, -0.05) is 25.5 Å². The lowest BCUT2D eigenvalue weighted by Crippen LogP contribution is -2.49. The molecule has 0 saturated heterocycles. The van der Waals surface area contributed by atoms with E-state index in [1.165, 1.54) is 11.6 Å². The summed E-state index contributed by atoms with van der Waals surface area (Å²) in [5.74, 6) is 1.20. The predicted molar refractivity (Wildman–Crippen MR) is 126 cm³/mol. The summed E-state index contributed by atoms with van der Waals surface area (Å²) in [5.41, 5.74) is 2.89. The highest BCUT2D eigenvalue weighted by Crippen LogP contribution is 2.64. The summed E-state index contributed by atoms with van der Waals surface area (Å²) in [6, 6.07) is 5.20. The quantitative estimate of drug-likeness (QED) is 0.556. The number of allylic oxidation sites excluding steroid dienone is 5. The van der Waals surface area contributed by atoms with Crippen LogP contribution < -0.4 is 4.90 Å². The van der Waals surface area contributed by atoms with Crippen LogP contribution >= 0.6 is 0 Å². The molecule has 1 aromatic rings. The van der Waals surface area contributed by atoms with Crippen molar-refractivity contribution in [3.63, 3.8) is 0 Å². The average molecular weight is 434 g/mol. The monoisotopic (exact) mass is 433 g/mol. The van der Waals surface area contributed by atoms with Gasteiger partial charge in [0.05, 0.1) is 0 Å². The standard InChI is InChI=1S/C28H32FNO2/c1-27-11-9-21(31)15-19(27)6-8-22-23(27)10-12-28(2)24(22)14-18(26(28)32)13-17-5-7-20(30(3)4)16-25(17)29/h5,7,9,11,13,15-16,22-24H,6,8,10,12,14H2,1-4H3/t22-,23+,24+,27+,28+/m1/s1. The van der Waals surface area contributed by atoms with Crippen LogP contribution in [0.4, 0.5) is 10.1 Å². The van der Waals surface area contributed by atoms with Gasteiger partial charge >= 0.3 is 0 Å². The third kappa shape index (κ3) is 3.06. The molecule has 1 aromatic carbocycles. The van der Waals surface area contributed by atoms with E-state index in [-0.39, 0.29) is 34.1 Å². The molecule has 168 valence electrons. The van der Waals surface area contributed by atoms with E-state index in [0.29, 0.717) is 17.4 Å².